The molecule has 2 atom stereocenters. The van der Waals surface area contributed by atoms with Crippen LogP contribution in [0, 0.1) is 0 Å². The van der Waals surface area contributed by atoms with Crippen molar-refractivity contribution >= 4 is 6.09 Å². The fourth-order valence-electron chi connectivity index (χ4n) is 4.00. The zero-order valence-electron chi connectivity index (χ0n) is 16.4. The lowest BCUT2D eigenvalue weighted by molar-refractivity contribution is -0.0505. The number of morpholine rings is 1. The van der Waals surface area contributed by atoms with Crippen LogP contribution >= 0.6 is 0 Å². The molecule has 0 aromatic heterocycles. The van der Waals surface area contributed by atoms with E-state index < -0.39 is 6.61 Å². The third-order valence-electron chi connectivity index (χ3n) is 5.30. The minimum atomic E-state index is -2.87. The zero-order valence-corrected chi connectivity index (χ0v) is 16.4. The highest BCUT2D eigenvalue weighted by Gasteiger charge is 2.38. The molecule has 2 aliphatic heterocycles. The molecular weight excluding hydrogens is 392 g/mol. The van der Waals surface area contributed by atoms with Gasteiger partial charge in [0, 0.05) is 0 Å². The van der Waals surface area contributed by atoms with Gasteiger partial charge < -0.3 is 14.2 Å². The number of alkyl halides is 2. The molecule has 0 saturated carbocycles. The minimum absolute atomic E-state index is 0.143. The van der Waals surface area contributed by atoms with Crippen LogP contribution in [0.3, 0.4) is 0 Å². The Labute approximate surface area is 173 Å². The van der Waals surface area contributed by atoms with Crippen LogP contribution in [0.2, 0.25) is 0 Å². The summed E-state index contributed by atoms with van der Waals surface area (Å²) < 4.78 is 41.2. The highest BCUT2D eigenvalue weighted by molar-refractivity contribution is 5.69. The first-order chi connectivity index (χ1) is 14.6. The molecule has 2 unspecified atom stereocenters. The lowest BCUT2D eigenvalue weighted by Gasteiger charge is -2.43. The summed E-state index contributed by atoms with van der Waals surface area (Å²) in [6.45, 7) is -1.85. The van der Waals surface area contributed by atoms with Crippen LogP contribution in [-0.2, 0) is 22.5 Å². The van der Waals surface area contributed by atoms with Crippen LogP contribution in [0.5, 0.6) is 5.75 Å². The van der Waals surface area contributed by atoms with Gasteiger partial charge in [-0.25, -0.2) is 4.79 Å². The van der Waals surface area contributed by atoms with Gasteiger partial charge in [0.25, 0.3) is 0 Å². The van der Waals surface area contributed by atoms with Crippen molar-refractivity contribution in [3.8, 4) is 5.75 Å². The minimum Gasteiger partial charge on any atom is -0.445 e. The van der Waals surface area contributed by atoms with Crippen molar-refractivity contribution < 1.29 is 27.8 Å². The maximum absolute atomic E-state index is 12.7. The Balaban J connectivity index is 1.45. The Morgan fingerprint density at radius 1 is 1.10 bits per heavy atom. The number of fused-ring (bicyclic) bond motifs is 2. The van der Waals surface area contributed by atoms with E-state index in [1.165, 1.54) is 0 Å². The molecule has 2 aromatic carbocycles. The van der Waals surface area contributed by atoms with Gasteiger partial charge in [0.1, 0.15) is 12.4 Å². The molecule has 2 aliphatic rings. The maximum atomic E-state index is 12.7. The lowest BCUT2D eigenvalue weighted by atomic mass is 9.90. The molecule has 158 valence electrons. The number of benzene rings is 2. The molecule has 5 nitrogen and oxygen atoms in total. The van der Waals surface area contributed by atoms with Crippen LogP contribution in [0.15, 0.2) is 66.2 Å². The van der Waals surface area contributed by atoms with Crippen LogP contribution in [0.1, 0.15) is 17.5 Å². The van der Waals surface area contributed by atoms with Gasteiger partial charge in [-0.1, -0.05) is 60.2 Å². The number of hydrogen-bond donors (Lipinski definition) is 0. The van der Waals surface area contributed by atoms with Crippen molar-refractivity contribution in [1.29, 1.82) is 0 Å². The van der Waals surface area contributed by atoms with Crippen molar-refractivity contribution in [2.24, 2.45) is 0 Å². The summed E-state index contributed by atoms with van der Waals surface area (Å²) in [5.41, 5.74) is 2.70. The van der Waals surface area contributed by atoms with E-state index in [0.717, 1.165) is 11.1 Å². The summed E-state index contributed by atoms with van der Waals surface area (Å²) in [7, 11) is 0. The molecule has 2 heterocycles. The van der Waals surface area contributed by atoms with E-state index in [1.54, 1.807) is 29.2 Å². The van der Waals surface area contributed by atoms with Crippen molar-refractivity contribution in [2.75, 3.05) is 13.2 Å². The molecule has 30 heavy (non-hydrogen) atoms. The Kier molecular flexibility index (Phi) is 6.28. The topological polar surface area (TPSA) is 48.0 Å². The summed E-state index contributed by atoms with van der Waals surface area (Å²) in [5, 5.41) is 0. The average molecular weight is 415 g/mol. The van der Waals surface area contributed by atoms with E-state index in [9.17, 15) is 13.6 Å². The largest absolute Gasteiger partial charge is 0.445 e. The summed E-state index contributed by atoms with van der Waals surface area (Å²) in [5.74, 6) is 0.180. The van der Waals surface area contributed by atoms with E-state index in [2.05, 4.69) is 4.74 Å². The summed E-state index contributed by atoms with van der Waals surface area (Å²) in [4.78, 5) is 14.5. The van der Waals surface area contributed by atoms with Crippen LogP contribution < -0.4 is 4.74 Å². The molecular formula is C23H23F2NO4. The normalized spacial score (nSPS) is 20.6. The van der Waals surface area contributed by atoms with E-state index in [0.29, 0.717) is 31.6 Å². The Morgan fingerprint density at radius 3 is 2.63 bits per heavy atom. The van der Waals surface area contributed by atoms with Crippen molar-refractivity contribution in [2.45, 2.75) is 38.1 Å². The zero-order chi connectivity index (χ0) is 20.9. The SMILES string of the molecule is O=C(OCc1ccccc1)N1C2C=C(Cc3ccccc3OC(F)F)CC1COC2. The average Bonchev–Trinajstić information content (AvgIpc) is 2.73. The fourth-order valence-corrected chi connectivity index (χ4v) is 4.00. The number of carbonyl (C=O) groups is 1. The first-order valence-electron chi connectivity index (χ1n) is 9.89. The highest BCUT2D eigenvalue weighted by atomic mass is 19.3. The monoisotopic (exact) mass is 415 g/mol. The van der Waals surface area contributed by atoms with Gasteiger partial charge in [0.15, 0.2) is 0 Å². The number of hydrogen-bond acceptors (Lipinski definition) is 4. The van der Waals surface area contributed by atoms with E-state index >= 15 is 0 Å². The molecule has 1 fully saturated rings. The van der Waals surface area contributed by atoms with Crippen molar-refractivity contribution in [3.63, 3.8) is 0 Å². The third kappa shape index (κ3) is 4.79. The summed E-state index contributed by atoms with van der Waals surface area (Å²) in [6, 6.07) is 15.9. The Hall–Kier alpha value is -2.93. The van der Waals surface area contributed by atoms with Crippen LogP contribution in [0.25, 0.3) is 0 Å². The standard InChI is InChI=1S/C23H23F2NO4/c24-22(25)30-21-9-5-4-8-18(21)10-17-11-19-14-28-15-20(12-17)26(19)23(27)29-13-16-6-2-1-3-7-16/h1-9,11,19-20,22H,10,12-15H2. The van der Waals surface area contributed by atoms with Gasteiger partial charge in [-0.2, -0.15) is 8.78 Å². The summed E-state index contributed by atoms with van der Waals surface area (Å²) in [6.07, 6.45) is 2.70. The number of para-hydroxylation sites is 1. The second-order valence-electron chi connectivity index (χ2n) is 7.40. The second kappa shape index (κ2) is 9.26. The second-order valence-corrected chi connectivity index (χ2v) is 7.40. The first kappa shape index (κ1) is 20.3. The number of nitrogens with zero attached hydrogens (tertiary/aromatic N) is 1. The quantitative estimate of drug-likeness (QED) is 0.649. The van der Waals surface area contributed by atoms with Gasteiger partial charge in [0.2, 0.25) is 0 Å². The van der Waals surface area contributed by atoms with E-state index in [1.807, 2.05) is 36.4 Å². The van der Waals surface area contributed by atoms with Gasteiger partial charge in [-0.05, 0) is 30.0 Å². The number of ether oxygens (including phenoxy) is 3. The molecule has 0 N–H and O–H groups in total. The number of carbonyl (C=O) groups excluding carboxylic acids is 1. The molecule has 4 rings (SSSR count). The van der Waals surface area contributed by atoms with Gasteiger partial charge >= 0.3 is 12.7 Å². The molecule has 1 amide bonds. The number of rotatable bonds is 6. The van der Waals surface area contributed by atoms with Crippen LogP contribution in [0.4, 0.5) is 13.6 Å². The van der Waals surface area contributed by atoms with Gasteiger partial charge in [-0.15, -0.1) is 0 Å². The molecule has 1 saturated heterocycles. The predicted octanol–water partition coefficient (Wildman–Crippen LogP) is 4.57. The van der Waals surface area contributed by atoms with Crippen LogP contribution in [-0.4, -0.2) is 42.9 Å². The maximum Gasteiger partial charge on any atom is 0.411 e. The van der Waals surface area contributed by atoms with E-state index in [4.69, 9.17) is 9.47 Å². The smallest absolute Gasteiger partial charge is 0.411 e. The fraction of sp³-hybridized carbons (Fsp3) is 0.348. The molecule has 7 heteroatoms. The molecule has 2 bridgehead atoms. The molecule has 0 radical (unpaired) electrons. The molecule has 2 aromatic rings. The highest BCUT2D eigenvalue weighted by Crippen LogP contribution is 2.32. The number of halogens is 2. The summed E-state index contributed by atoms with van der Waals surface area (Å²) >= 11 is 0. The lowest BCUT2D eigenvalue weighted by Crippen LogP contribution is -2.56. The van der Waals surface area contributed by atoms with Gasteiger partial charge in [0.05, 0.1) is 25.3 Å². The van der Waals surface area contributed by atoms with Crippen molar-refractivity contribution in [3.05, 3.63) is 77.4 Å². The molecule has 0 aliphatic carbocycles. The van der Waals surface area contributed by atoms with Gasteiger partial charge in [-0.3, -0.25) is 4.90 Å². The Morgan fingerprint density at radius 2 is 1.87 bits per heavy atom. The molecule has 0 spiro atoms. The van der Waals surface area contributed by atoms with Crippen molar-refractivity contribution in [1.82, 2.24) is 4.90 Å². The Bertz CT molecular complexity index is 903. The predicted molar refractivity (Wildman–Crippen MR) is 106 cm³/mol. The number of amides is 1. The van der Waals surface area contributed by atoms with E-state index in [-0.39, 0.29) is 30.5 Å². The first-order valence-corrected chi connectivity index (χ1v) is 9.89. The third-order valence-corrected chi connectivity index (χ3v) is 5.30.